The molecule has 7 nitrogen and oxygen atoms in total. The van der Waals surface area contributed by atoms with Crippen molar-refractivity contribution in [3.63, 3.8) is 0 Å². The van der Waals surface area contributed by atoms with Gasteiger partial charge in [0.25, 0.3) is 5.56 Å². The fourth-order valence-corrected chi connectivity index (χ4v) is 3.19. The normalized spacial score (nSPS) is 13.9. The highest BCUT2D eigenvalue weighted by Gasteiger charge is 2.26. The number of benzene rings is 1. The molecule has 1 aliphatic heterocycles. The van der Waals surface area contributed by atoms with E-state index in [-0.39, 0.29) is 17.0 Å². The summed E-state index contributed by atoms with van der Waals surface area (Å²) in [6.45, 7) is 1.23. The van der Waals surface area contributed by atoms with Crippen LogP contribution in [-0.4, -0.2) is 29.2 Å². The second-order valence-electron chi connectivity index (χ2n) is 5.85. The van der Waals surface area contributed by atoms with E-state index in [9.17, 15) is 9.90 Å². The maximum atomic E-state index is 12.7. The van der Waals surface area contributed by atoms with Gasteiger partial charge in [-0.3, -0.25) is 9.48 Å². The number of hydrogen-bond donors (Lipinski definition) is 1. The number of fused-ring (bicyclic) bond motifs is 1. The van der Waals surface area contributed by atoms with Crippen LogP contribution >= 0.6 is 11.6 Å². The van der Waals surface area contributed by atoms with Crippen LogP contribution in [0.1, 0.15) is 12.8 Å². The predicted octanol–water partition coefficient (Wildman–Crippen LogP) is 2.27. The van der Waals surface area contributed by atoms with E-state index in [4.69, 9.17) is 11.6 Å². The van der Waals surface area contributed by atoms with Gasteiger partial charge in [-0.25, -0.2) is 14.3 Å². The van der Waals surface area contributed by atoms with Crippen LogP contribution in [-0.2, 0) is 20.1 Å². The zero-order chi connectivity index (χ0) is 16.8. The van der Waals surface area contributed by atoms with E-state index < -0.39 is 0 Å². The van der Waals surface area contributed by atoms with Gasteiger partial charge < -0.3 is 5.11 Å². The molecule has 3 aromatic rings. The first-order chi connectivity index (χ1) is 11.6. The average molecular weight is 346 g/mol. The number of nitrogens with zero attached hydrogens (tertiary/aromatic N) is 5. The molecule has 3 heterocycles. The maximum Gasteiger partial charge on any atom is 0.281 e. The molecule has 0 atom stereocenters. The molecule has 1 N–H and O–H groups in total. The largest absolute Gasteiger partial charge is 0.493 e. The summed E-state index contributed by atoms with van der Waals surface area (Å²) in [6.07, 6.45) is 1.87. The van der Waals surface area contributed by atoms with Crippen LogP contribution in [0, 0.1) is 0 Å². The minimum Gasteiger partial charge on any atom is -0.493 e. The van der Waals surface area contributed by atoms with Gasteiger partial charge in [-0.1, -0.05) is 11.6 Å². The molecule has 0 unspecified atom stereocenters. The van der Waals surface area contributed by atoms with Gasteiger partial charge in [0.15, 0.2) is 11.6 Å². The molecule has 4 rings (SSSR count). The van der Waals surface area contributed by atoms with E-state index in [2.05, 4.69) is 10.1 Å². The van der Waals surface area contributed by atoms with Crippen molar-refractivity contribution in [1.82, 2.24) is 24.1 Å². The number of halogens is 1. The van der Waals surface area contributed by atoms with Crippen molar-refractivity contribution in [2.75, 3.05) is 0 Å². The number of aryl methyl sites for hydroxylation is 1. The summed E-state index contributed by atoms with van der Waals surface area (Å²) in [7, 11) is 1.71. The minimum absolute atomic E-state index is 0.0437. The molecule has 0 saturated heterocycles. The van der Waals surface area contributed by atoms with Gasteiger partial charge in [0.1, 0.15) is 5.56 Å². The fourth-order valence-electron chi connectivity index (χ4n) is 3.07. The highest BCUT2D eigenvalue weighted by atomic mass is 35.5. The average Bonchev–Trinajstić information content (AvgIpc) is 3.07. The number of aromatic nitrogens is 5. The molecule has 0 saturated carbocycles. The molecule has 24 heavy (non-hydrogen) atoms. The summed E-state index contributed by atoms with van der Waals surface area (Å²) < 4.78 is 4.72. The van der Waals surface area contributed by atoms with Crippen molar-refractivity contribution in [3.05, 3.63) is 39.6 Å². The Hall–Kier alpha value is -2.54. The monoisotopic (exact) mass is 345 g/mol. The fraction of sp³-hybridized carbons (Fsp3) is 0.312. The highest BCUT2D eigenvalue weighted by Crippen LogP contribution is 2.29. The molecular weight excluding hydrogens is 330 g/mol. The summed E-state index contributed by atoms with van der Waals surface area (Å²) in [5, 5.41) is 15.5. The van der Waals surface area contributed by atoms with Crippen LogP contribution < -0.4 is 5.56 Å². The zero-order valence-corrected chi connectivity index (χ0v) is 13.9. The van der Waals surface area contributed by atoms with Gasteiger partial charge in [0, 0.05) is 30.7 Å². The lowest BCUT2D eigenvalue weighted by atomic mass is 10.2. The van der Waals surface area contributed by atoms with Gasteiger partial charge in [-0.15, -0.1) is 0 Å². The molecule has 0 aliphatic carbocycles. The van der Waals surface area contributed by atoms with Crippen molar-refractivity contribution >= 4 is 11.6 Å². The molecule has 1 aliphatic rings. The molecule has 1 aromatic carbocycles. The first-order valence-electron chi connectivity index (χ1n) is 7.76. The maximum absolute atomic E-state index is 12.7. The molecule has 0 spiro atoms. The first-order valence-corrected chi connectivity index (χ1v) is 8.14. The second-order valence-corrected chi connectivity index (χ2v) is 6.28. The minimum atomic E-state index is -0.231. The van der Waals surface area contributed by atoms with Gasteiger partial charge in [-0.2, -0.15) is 5.10 Å². The number of aromatic hydroxyl groups is 1. The molecule has 8 heteroatoms. The Morgan fingerprint density at radius 2 is 1.79 bits per heavy atom. The standard InChI is InChI=1S/C16H16ClN5O2/c1-20-14(18-13(19-20)10-4-6-11(17)7-5-10)12-15(23)21-8-2-3-9-22(21)16(12)24/h4-7,23H,2-3,8-9H2,1H3. The summed E-state index contributed by atoms with van der Waals surface area (Å²) >= 11 is 5.91. The third kappa shape index (κ3) is 2.24. The number of hydrogen-bond acceptors (Lipinski definition) is 4. The molecule has 0 amide bonds. The van der Waals surface area contributed by atoms with Gasteiger partial charge in [0.2, 0.25) is 5.88 Å². The summed E-state index contributed by atoms with van der Waals surface area (Å²) in [6, 6.07) is 7.16. The van der Waals surface area contributed by atoms with Crippen molar-refractivity contribution in [3.8, 4) is 28.7 Å². The third-order valence-electron chi connectivity index (χ3n) is 4.29. The Morgan fingerprint density at radius 3 is 2.46 bits per heavy atom. The molecule has 2 aromatic heterocycles. The Kier molecular flexibility index (Phi) is 3.45. The smallest absolute Gasteiger partial charge is 0.281 e. The van der Waals surface area contributed by atoms with Crippen molar-refractivity contribution in [2.24, 2.45) is 7.05 Å². The summed E-state index contributed by atoms with van der Waals surface area (Å²) in [5.41, 5.74) is 0.766. The molecule has 0 radical (unpaired) electrons. The van der Waals surface area contributed by atoms with Crippen LogP contribution in [0.2, 0.25) is 5.02 Å². The van der Waals surface area contributed by atoms with Crippen LogP contribution in [0.3, 0.4) is 0 Å². The quantitative estimate of drug-likeness (QED) is 0.772. The highest BCUT2D eigenvalue weighted by molar-refractivity contribution is 6.30. The van der Waals surface area contributed by atoms with Gasteiger partial charge in [0.05, 0.1) is 0 Å². The summed E-state index contributed by atoms with van der Waals surface area (Å²) in [4.78, 5) is 17.1. The van der Waals surface area contributed by atoms with E-state index >= 15 is 0 Å². The van der Waals surface area contributed by atoms with Crippen molar-refractivity contribution in [1.29, 1.82) is 0 Å². The van der Waals surface area contributed by atoms with Gasteiger partial charge >= 0.3 is 0 Å². The predicted molar refractivity (Wildman–Crippen MR) is 90.0 cm³/mol. The topological polar surface area (TPSA) is 77.9 Å². The van der Waals surface area contributed by atoms with Gasteiger partial charge in [-0.05, 0) is 37.1 Å². The second kappa shape index (κ2) is 5.52. The molecule has 124 valence electrons. The molecule has 0 bridgehead atoms. The lowest BCUT2D eigenvalue weighted by molar-refractivity contribution is 0.305. The lowest BCUT2D eigenvalue weighted by Gasteiger charge is -2.16. The van der Waals surface area contributed by atoms with Crippen LogP contribution in [0.25, 0.3) is 22.8 Å². The Morgan fingerprint density at radius 1 is 1.12 bits per heavy atom. The van der Waals surface area contributed by atoms with E-state index in [1.54, 1.807) is 28.5 Å². The molecule has 0 fully saturated rings. The van der Waals surface area contributed by atoms with E-state index in [0.29, 0.717) is 29.8 Å². The molecular formula is C16H16ClN5O2. The lowest BCUT2D eigenvalue weighted by Crippen LogP contribution is -2.27. The van der Waals surface area contributed by atoms with E-state index in [1.807, 2.05) is 12.1 Å². The first kappa shape index (κ1) is 15.0. The van der Waals surface area contributed by atoms with E-state index in [1.165, 1.54) is 4.68 Å². The van der Waals surface area contributed by atoms with Crippen LogP contribution in [0.5, 0.6) is 5.88 Å². The Bertz CT molecular complexity index is 968. The van der Waals surface area contributed by atoms with Crippen molar-refractivity contribution in [2.45, 2.75) is 25.9 Å². The Balaban J connectivity index is 1.85. The zero-order valence-electron chi connectivity index (χ0n) is 13.1. The van der Waals surface area contributed by atoms with Crippen LogP contribution in [0.4, 0.5) is 0 Å². The number of rotatable bonds is 2. The SMILES string of the molecule is Cn1nc(-c2ccc(Cl)cc2)nc1-c1c(O)n2n(c1=O)CCCC2. The summed E-state index contributed by atoms with van der Waals surface area (Å²) in [5.74, 6) is 0.798. The van der Waals surface area contributed by atoms with Crippen LogP contribution in [0.15, 0.2) is 29.1 Å². The van der Waals surface area contributed by atoms with E-state index in [0.717, 1.165) is 18.4 Å². The Labute approximate surface area is 142 Å². The van der Waals surface area contributed by atoms with Crippen molar-refractivity contribution < 1.29 is 5.11 Å². The third-order valence-corrected chi connectivity index (χ3v) is 4.54.